The van der Waals surface area contributed by atoms with Crippen LogP contribution in [0.1, 0.15) is 18.4 Å². The van der Waals surface area contributed by atoms with E-state index in [0.29, 0.717) is 23.5 Å². The maximum Gasteiger partial charge on any atom is 0.164 e. The molecule has 0 radical (unpaired) electrons. The number of benzene rings is 1. The molecule has 0 saturated carbocycles. The molecule has 2 bridgehead atoms. The van der Waals surface area contributed by atoms with Gasteiger partial charge in [0.1, 0.15) is 11.6 Å². The van der Waals surface area contributed by atoms with Crippen molar-refractivity contribution >= 4 is 11.5 Å². The molecule has 3 fully saturated rings. The number of anilines is 2. The SMILES string of the molecule is Cn1cc(-c2ncc(C#N)c(N3C[C@@H]4CC[C@H]3CN4c3cccc(-n4cccc4)c3)n2)cn1. The van der Waals surface area contributed by atoms with Crippen LogP contribution in [-0.2, 0) is 7.05 Å². The lowest BCUT2D eigenvalue weighted by molar-refractivity contribution is 0.332. The van der Waals surface area contributed by atoms with E-state index in [0.717, 1.165) is 37.3 Å². The van der Waals surface area contributed by atoms with Crippen molar-refractivity contribution in [3.05, 3.63) is 72.9 Å². The van der Waals surface area contributed by atoms with E-state index in [4.69, 9.17) is 4.98 Å². The van der Waals surface area contributed by atoms with Crippen molar-refractivity contribution in [2.24, 2.45) is 7.05 Å². The van der Waals surface area contributed by atoms with Crippen molar-refractivity contribution < 1.29 is 0 Å². The minimum atomic E-state index is 0.300. The minimum absolute atomic E-state index is 0.300. The molecule has 3 aromatic heterocycles. The Morgan fingerprint density at radius 1 is 0.970 bits per heavy atom. The standard InChI is InChI=1S/C25H24N8/c1-30-15-19(14-28-30)24-27-13-18(12-26)25(29-24)33-17-22-7-8-23(33)16-32(22)21-6-4-5-20(11-21)31-9-2-3-10-31/h2-6,9-11,13-15,22-23H,7-8,16-17H2,1H3/t22-,23-/m0/s1. The molecule has 1 aromatic carbocycles. The van der Waals surface area contributed by atoms with E-state index in [1.54, 1.807) is 17.1 Å². The molecular weight excluding hydrogens is 412 g/mol. The Balaban J connectivity index is 1.30. The second-order valence-electron chi connectivity index (χ2n) is 8.75. The number of hydrogen-bond donors (Lipinski definition) is 0. The number of nitrogens with zero attached hydrogens (tertiary/aromatic N) is 8. The van der Waals surface area contributed by atoms with E-state index in [1.807, 2.05) is 25.4 Å². The smallest absolute Gasteiger partial charge is 0.164 e. The molecule has 4 aromatic rings. The molecule has 0 aliphatic carbocycles. The molecule has 0 unspecified atom stereocenters. The van der Waals surface area contributed by atoms with Crippen LogP contribution in [0.2, 0.25) is 0 Å². The summed E-state index contributed by atoms with van der Waals surface area (Å²) in [6.45, 7) is 1.76. The maximum absolute atomic E-state index is 9.75. The topological polar surface area (TPSA) is 78.8 Å². The lowest BCUT2D eigenvalue weighted by Crippen LogP contribution is -2.63. The summed E-state index contributed by atoms with van der Waals surface area (Å²) in [5, 5.41) is 14.0. The van der Waals surface area contributed by atoms with Crippen molar-refractivity contribution in [3.8, 4) is 23.1 Å². The van der Waals surface area contributed by atoms with Crippen molar-refractivity contribution in [1.82, 2.24) is 24.3 Å². The van der Waals surface area contributed by atoms with Gasteiger partial charge in [-0.2, -0.15) is 10.4 Å². The Morgan fingerprint density at radius 2 is 1.73 bits per heavy atom. The van der Waals surface area contributed by atoms with E-state index in [1.165, 1.54) is 11.4 Å². The molecule has 6 heterocycles. The van der Waals surface area contributed by atoms with E-state index in [-0.39, 0.29) is 0 Å². The van der Waals surface area contributed by atoms with Crippen LogP contribution in [0.5, 0.6) is 0 Å². The van der Waals surface area contributed by atoms with Gasteiger partial charge < -0.3 is 14.4 Å². The van der Waals surface area contributed by atoms with Gasteiger partial charge in [0.15, 0.2) is 11.6 Å². The fourth-order valence-electron chi connectivity index (χ4n) is 5.09. The van der Waals surface area contributed by atoms with E-state index >= 15 is 0 Å². The Kier molecular flexibility index (Phi) is 4.61. The molecule has 33 heavy (non-hydrogen) atoms. The lowest BCUT2D eigenvalue weighted by atomic mass is 9.90. The Bertz CT molecular complexity index is 1330. The second-order valence-corrected chi connectivity index (χ2v) is 8.75. The summed E-state index contributed by atoms with van der Waals surface area (Å²) in [6, 6.07) is 15.8. The summed E-state index contributed by atoms with van der Waals surface area (Å²) in [6.07, 6.45) is 11.7. The fourth-order valence-corrected chi connectivity index (χ4v) is 5.09. The predicted octanol–water partition coefficient (Wildman–Crippen LogP) is 3.40. The fraction of sp³-hybridized carbons (Fsp3) is 0.280. The zero-order chi connectivity index (χ0) is 22.4. The third-order valence-electron chi connectivity index (χ3n) is 6.72. The molecule has 3 saturated heterocycles. The highest BCUT2D eigenvalue weighted by atomic mass is 15.3. The molecule has 0 amide bonds. The van der Waals surface area contributed by atoms with Gasteiger partial charge in [0.05, 0.1) is 18.0 Å². The maximum atomic E-state index is 9.75. The highest BCUT2D eigenvalue weighted by molar-refractivity contribution is 5.63. The minimum Gasteiger partial charge on any atom is -0.365 e. The van der Waals surface area contributed by atoms with E-state index in [9.17, 15) is 5.26 Å². The third kappa shape index (κ3) is 3.42. The van der Waals surface area contributed by atoms with E-state index in [2.05, 4.69) is 67.2 Å². The third-order valence-corrected chi connectivity index (χ3v) is 6.72. The van der Waals surface area contributed by atoms with Crippen LogP contribution in [0.15, 0.2) is 67.4 Å². The molecule has 0 N–H and O–H groups in total. The normalized spacial score (nSPS) is 19.6. The van der Waals surface area contributed by atoms with Gasteiger partial charge in [-0.15, -0.1) is 0 Å². The van der Waals surface area contributed by atoms with Crippen LogP contribution in [0, 0.1) is 11.3 Å². The Morgan fingerprint density at radius 3 is 2.42 bits per heavy atom. The summed E-state index contributed by atoms with van der Waals surface area (Å²) >= 11 is 0. The van der Waals surface area contributed by atoms with Crippen LogP contribution in [0.4, 0.5) is 11.5 Å². The quantitative estimate of drug-likeness (QED) is 0.488. The summed E-state index contributed by atoms with van der Waals surface area (Å²) in [5.74, 6) is 1.34. The van der Waals surface area contributed by atoms with Gasteiger partial charge in [-0.1, -0.05) is 6.07 Å². The first kappa shape index (κ1) is 19.6. The number of aromatic nitrogens is 5. The zero-order valence-electron chi connectivity index (χ0n) is 18.4. The summed E-state index contributed by atoms with van der Waals surface area (Å²) < 4.78 is 3.87. The van der Waals surface area contributed by atoms with Gasteiger partial charge in [-0.25, -0.2) is 9.97 Å². The molecule has 164 valence electrons. The molecule has 3 aliphatic heterocycles. The number of aryl methyl sites for hydroxylation is 1. The van der Waals surface area contributed by atoms with Gasteiger partial charge in [0.2, 0.25) is 0 Å². The highest BCUT2D eigenvalue weighted by Crippen LogP contribution is 2.37. The molecular formula is C25H24N8. The van der Waals surface area contributed by atoms with Gasteiger partial charge in [-0.05, 0) is 43.2 Å². The Labute approximate surface area is 192 Å². The van der Waals surface area contributed by atoms with Gasteiger partial charge >= 0.3 is 0 Å². The predicted molar refractivity (Wildman–Crippen MR) is 126 cm³/mol. The average molecular weight is 437 g/mol. The first-order valence-electron chi connectivity index (χ1n) is 11.2. The first-order valence-corrected chi connectivity index (χ1v) is 11.2. The molecule has 0 spiro atoms. The monoisotopic (exact) mass is 436 g/mol. The van der Waals surface area contributed by atoms with Crippen molar-refractivity contribution in [1.29, 1.82) is 5.26 Å². The van der Waals surface area contributed by atoms with Gasteiger partial charge in [0, 0.05) is 62.2 Å². The van der Waals surface area contributed by atoms with Crippen molar-refractivity contribution in [3.63, 3.8) is 0 Å². The lowest BCUT2D eigenvalue weighted by Gasteiger charge is -2.53. The Hall–Kier alpha value is -4.12. The van der Waals surface area contributed by atoms with Crippen LogP contribution in [0.3, 0.4) is 0 Å². The largest absolute Gasteiger partial charge is 0.365 e. The molecule has 2 atom stereocenters. The van der Waals surface area contributed by atoms with Crippen LogP contribution >= 0.6 is 0 Å². The number of fused-ring (bicyclic) bond motifs is 3. The summed E-state index contributed by atoms with van der Waals surface area (Å²) in [4.78, 5) is 14.1. The van der Waals surface area contributed by atoms with Crippen LogP contribution in [-0.4, -0.2) is 49.5 Å². The van der Waals surface area contributed by atoms with Gasteiger partial charge in [-0.3, -0.25) is 4.68 Å². The summed E-state index contributed by atoms with van der Waals surface area (Å²) in [5.41, 5.74) is 3.79. The number of nitriles is 1. The highest BCUT2D eigenvalue weighted by Gasteiger charge is 2.40. The first-order chi connectivity index (χ1) is 16.2. The number of piperazine rings is 1. The number of hydrogen-bond acceptors (Lipinski definition) is 6. The molecule has 8 heteroatoms. The number of piperidine rings is 2. The van der Waals surface area contributed by atoms with Crippen LogP contribution < -0.4 is 9.80 Å². The zero-order valence-corrected chi connectivity index (χ0v) is 18.4. The summed E-state index contributed by atoms with van der Waals surface area (Å²) in [7, 11) is 1.87. The molecule has 3 aliphatic rings. The molecule has 8 nitrogen and oxygen atoms in total. The second kappa shape index (κ2) is 7.78. The number of rotatable bonds is 4. The average Bonchev–Trinajstić information content (AvgIpc) is 3.56. The van der Waals surface area contributed by atoms with Crippen molar-refractivity contribution in [2.45, 2.75) is 24.9 Å². The van der Waals surface area contributed by atoms with Crippen LogP contribution in [0.25, 0.3) is 17.1 Å². The van der Waals surface area contributed by atoms with Crippen molar-refractivity contribution in [2.75, 3.05) is 22.9 Å². The van der Waals surface area contributed by atoms with E-state index < -0.39 is 0 Å². The molecule has 7 rings (SSSR count). The van der Waals surface area contributed by atoms with Gasteiger partial charge in [0.25, 0.3) is 0 Å².